The summed E-state index contributed by atoms with van der Waals surface area (Å²) >= 11 is 0. The molecule has 3 aliphatic rings. The molecule has 5 rings (SSSR count). The quantitative estimate of drug-likeness (QED) is 0.447. The first-order chi connectivity index (χ1) is 20.1. The van der Waals surface area contributed by atoms with Gasteiger partial charge in [-0.05, 0) is 79.8 Å². The van der Waals surface area contributed by atoms with Crippen LogP contribution in [0.4, 0.5) is 11.4 Å². The van der Waals surface area contributed by atoms with Gasteiger partial charge in [0, 0.05) is 55.3 Å². The first kappa shape index (κ1) is 30.1. The Balaban J connectivity index is 1.33. The zero-order valence-electron chi connectivity index (χ0n) is 25.5. The Morgan fingerprint density at radius 3 is 2.02 bits per heavy atom. The normalized spacial score (nSPS) is 21.7. The summed E-state index contributed by atoms with van der Waals surface area (Å²) in [6, 6.07) is 13.6. The standard InChI is InChI=1S/C34H47N5O3/c1-34(2,3)26-11-8-23(9-12-26)31(40)37-29-22-25(32(41)36-28-15-13-27(35)14-16-28)10-17-30(29)38-18-20-39(21-19-38)33(42)24-6-4-5-7-24/h8-12,17,22,24,27-28H,4-7,13-16,18-21,35H2,1-3H3,(H,36,41)(H,37,40). The maximum absolute atomic E-state index is 13.4. The zero-order chi connectivity index (χ0) is 29.9. The molecule has 1 saturated heterocycles. The van der Waals surface area contributed by atoms with Crippen LogP contribution >= 0.6 is 0 Å². The van der Waals surface area contributed by atoms with Crippen molar-refractivity contribution in [1.29, 1.82) is 0 Å². The van der Waals surface area contributed by atoms with E-state index in [0.29, 0.717) is 43.0 Å². The highest BCUT2D eigenvalue weighted by Crippen LogP contribution is 2.31. The van der Waals surface area contributed by atoms with Crippen LogP contribution in [0.3, 0.4) is 0 Å². The molecule has 42 heavy (non-hydrogen) atoms. The highest BCUT2D eigenvalue weighted by atomic mass is 16.2. The number of amides is 3. The second-order valence-corrected chi connectivity index (χ2v) is 13.4. The number of nitrogens with one attached hydrogen (secondary N) is 2. The molecule has 2 aromatic carbocycles. The molecule has 1 aliphatic heterocycles. The van der Waals surface area contributed by atoms with Gasteiger partial charge in [0.1, 0.15) is 0 Å². The first-order valence-corrected chi connectivity index (χ1v) is 15.7. The largest absolute Gasteiger partial charge is 0.366 e. The molecule has 8 heteroatoms. The molecule has 0 radical (unpaired) electrons. The molecule has 226 valence electrons. The molecule has 1 heterocycles. The fourth-order valence-corrected chi connectivity index (χ4v) is 6.50. The molecule has 8 nitrogen and oxygen atoms in total. The highest BCUT2D eigenvalue weighted by molar-refractivity contribution is 6.07. The number of piperazine rings is 1. The maximum atomic E-state index is 13.4. The van der Waals surface area contributed by atoms with Crippen molar-refractivity contribution in [1.82, 2.24) is 10.2 Å². The van der Waals surface area contributed by atoms with Crippen LogP contribution in [0.1, 0.15) is 98.4 Å². The van der Waals surface area contributed by atoms with Crippen LogP contribution in [0.25, 0.3) is 0 Å². The fraction of sp³-hybridized carbons (Fsp3) is 0.559. The highest BCUT2D eigenvalue weighted by Gasteiger charge is 2.30. The second-order valence-electron chi connectivity index (χ2n) is 13.4. The number of hydrogen-bond donors (Lipinski definition) is 3. The summed E-state index contributed by atoms with van der Waals surface area (Å²) < 4.78 is 0. The van der Waals surface area contributed by atoms with Crippen LogP contribution in [0.2, 0.25) is 0 Å². The average Bonchev–Trinajstić information content (AvgIpc) is 3.53. The molecule has 4 N–H and O–H groups in total. The monoisotopic (exact) mass is 573 g/mol. The Morgan fingerprint density at radius 1 is 0.786 bits per heavy atom. The summed E-state index contributed by atoms with van der Waals surface area (Å²) in [6.07, 6.45) is 7.88. The number of benzene rings is 2. The summed E-state index contributed by atoms with van der Waals surface area (Å²) in [4.78, 5) is 43.9. The van der Waals surface area contributed by atoms with Crippen molar-refractivity contribution in [2.24, 2.45) is 11.7 Å². The minimum atomic E-state index is -0.217. The predicted molar refractivity (Wildman–Crippen MR) is 168 cm³/mol. The molecule has 0 spiro atoms. The Bertz CT molecular complexity index is 1260. The lowest BCUT2D eigenvalue weighted by Crippen LogP contribution is -2.50. The number of hydrogen-bond acceptors (Lipinski definition) is 5. The Morgan fingerprint density at radius 2 is 1.40 bits per heavy atom. The molecular formula is C34H47N5O3. The maximum Gasteiger partial charge on any atom is 0.255 e. The number of nitrogens with two attached hydrogens (primary N) is 1. The number of carbonyl (C=O) groups excluding carboxylic acids is 3. The molecule has 2 saturated carbocycles. The minimum absolute atomic E-state index is 0.00540. The lowest BCUT2D eigenvalue weighted by Gasteiger charge is -2.38. The van der Waals surface area contributed by atoms with Crippen LogP contribution in [-0.4, -0.2) is 60.9 Å². The van der Waals surface area contributed by atoms with E-state index < -0.39 is 0 Å². The number of nitrogens with zero attached hydrogens (tertiary/aromatic N) is 2. The van der Waals surface area contributed by atoms with E-state index in [4.69, 9.17) is 5.73 Å². The third-order valence-corrected chi connectivity index (χ3v) is 9.26. The predicted octanol–water partition coefficient (Wildman–Crippen LogP) is 5.07. The van der Waals surface area contributed by atoms with Gasteiger partial charge >= 0.3 is 0 Å². The Hall–Kier alpha value is -3.39. The van der Waals surface area contributed by atoms with Gasteiger partial charge in [0.25, 0.3) is 11.8 Å². The minimum Gasteiger partial charge on any atom is -0.366 e. The summed E-state index contributed by atoms with van der Waals surface area (Å²) in [7, 11) is 0. The van der Waals surface area contributed by atoms with Crippen LogP contribution in [0, 0.1) is 5.92 Å². The van der Waals surface area contributed by atoms with Gasteiger partial charge in [-0.15, -0.1) is 0 Å². The average molecular weight is 574 g/mol. The van der Waals surface area contributed by atoms with Gasteiger partial charge in [-0.3, -0.25) is 14.4 Å². The first-order valence-electron chi connectivity index (χ1n) is 15.7. The van der Waals surface area contributed by atoms with E-state index in [-0.39, 0.29) is 41.1 Å². The molecule has 2 aromatic rings. The van der Waals surface area contributed by atoms with Crippen molar-refractivity contribution in [2.75, 3.05) is 36.4 Å². The van der Waals surface area contributed by atoms with Gasteiger partial charge in [-0.2, -0.15) is 0 Å². The molecular weight excluding hydrogens is 526 g/mol. The van der Waals surface area contributed by atoms with Crippen LogP contribution in [0.15, 0.2) is 42.5 Å². The van der Waals surface area contributed by atoms with Crippen molar-refractivity contribution < 1.29 is 14.4 Å². The van der Waals surface area contributed by atoms with E-state index in [1.54, 1.807) is 6.07 Å². The van der Waals surface area contributed by atoms with Gasteiger partial charge in [0.05, 0.1) is 11.4 Å². The molecule has 0 atom stereocenters. The molecule has 3 amide bonds. The second kappa shape index (κ2) is 12.9. The van der Waals surface area contributed by atoms with Gasteiger partial charge in [0.2, 0.25) is 5.91 Å². The summed E-state index contributed by atoms with van der Waals surface area (Å²) in [5, 5.41) is 6.28. The van der Waals surface area contributed by atoms with Crippen LogP contribution in [0.5, 0.6) is 0 Å². The Labute approximate surface area is 250 Å². The molecule has 3 fully saturated rings. The SMILES string of the molecule is CC(C)(C)c1ccc(C(=O)Nc2cc(C(=O)NC3CCC(N)CC3)ccc2N2CCN(C(=O)C3CCCC3)CC2)cc1. The number of carbonyl (C=O) groups is 3. The van der Waals surface area contributed by atoms with Crippen LogP contribution < -0.4 is 21.3 Å². The van der Waals surface area contributed by atoms with Crippen molar-refractivity contribution in [2.45, 2.75) is 89.6 Å². The smallest absolute Gasteiger partial charge is 0.255 e. The summed E-state index contributed by atoms with van der Waals surface area (Å²) in [6.45, 7) is 9.10. The van der Waals surface area contributed by atoms with E-state index in [1.807, 2.05) is 41.3 Å². The molecule has 0 bridgehead atoms. The third-order valence-electron chi connectivity index (χ3n) is 9.26. The topological polar surface area (TPSA) is 108 Å². The summed E-state index contributed by atoms with van der Waals surface area (Å²) in [5.41, 5.74) is 9.75. The van der Waals surface area contributed by atoms with Crippen molar-refractivity contribution >= 4 is 29.1 Å². The van der Waals surface area contributed by atoms with E-state index >= 15 is 0 Å². The third kappa shape index (κ3) is 7.14. The van der Waals surface area contributed by atoms with E-state index in [2.05, 4.69) is 36.3 Å². The molecule has 0 aromatic heterocycles. The van der Waals surface area contributed by atoms with Gasteiger partial charge in [-0.1, -0.05) is 45.7 Å². The van der Waals surface area contributed by atoms with Crippen molar-refractivity contribution in [3.63, 3.8) is 0 Å². The van der Waals surface area contributed by atoms with Gasteiger partial charge in [0.15, 0.2) is 0 Å². The van der Waals surface area contributed by atoms with E-state index in [0.717, 1.165) is 62.6 Å². The lowest BCUT2D eigenvalue weighted by atomic mass is 9.86. The van der Waals surface area contributed by atoms with Crippen molar-refractivity contribution in [3.05, 3.63) is 59.2 Å². The molecule has 2 aliphatic carbocycles. The van der Waals surface area contributed by atoms with Gasteiger partial charge < -0.3 is 26.2 Å². The Kier molecular flexibility index (Phi) is 9.21. The van der Waals surface area contributed by atoms with Gasteiger partial charge in [-0.25, -0.2) is 0 Å². The molecule has 0 unspecified atom stereocenters. The zero-order valence-corrected chi connectivity index (χ0v) is 25.5. The van der Waals surface area contributed by atoms with E-state index in [1.165, 1.54) is 0 Å². The van der Waals surface area contributed by atoms with Crippen LogP contribution in [-0.2, 0) is 10.2 Å². The lowest BCUT2D eigenvalue weighted by molar-refractivity contribution is -0.135. The summed E-state index contributed by atoms with van der Waals surface area (Å²) in [5.74, 6) is 0.105. The number of rotatable bonds is 6. The van der Waals surface area contributed by atoms with Crippen molar-refractivity contribution in [3.8, 4) is 0 Å². The number of anilines is 2. The van der Waals surface area contributed by atoms with E-state index in [9.17, 15) is 14.4 Å². The fourth-order valence-electron chi connectivity index (χ4n) is 6.50.